The maximum Gasteiger partial charge on any atom is 0.263 e. The van der Waals surface area contributed by atoms with Gasteiger partial charge in [-0.15, -0.1) is 0 Å². The minimum Gasteiger partial charge on any atom is -0.342 e. The zero-order valence-electron chi connectivity index (χ0n) is 14.7. The summed E-state index contributed by atoms with van der Waals surface area (Å²) in [5.41, 5.74) is 6.18. The molecule has 1 atom stereocenters. The number of nitrogens with one attached hydrogen (secondary N) is 1. The molecule has 7 nitrogen and oxygen atoms in total. The fourth-order valence-electron chi connectivity index (χ4n) is 2.59. The van der Waals surface area contributed by atoms with Crippen LogP contribution in [0.4, 0.5) is 0 Å². The quantitative estimate of drug-likeness (QED) is 0.672. The lowest BCUT2D eigenvalue weighted by molar-refractivity contribution is -0.131. The number of fused-ring (bicyclic) bond motifs is 1. The number of likely N-dealkylation sites (N-methyl/N-ethyl adjacent to an activating group) is 1. The molecular weight excluding hydrogens is 340 g/mol. The minimum atomic E-state index is -3.47. The van der Waals surface area contributed by atoms with E-state index >= 15 is 0 Å². The Bertz CT molecular complexity index is 746. The molecular formula is C17H26N4O3S. The molecule has 2 rings (SSSR count). The van der Waals surface area contributed by atoms with Crippen LogP contribution >= 0.6 is 0 Å². The lowest BCUT2D eigenvalue weighted by Gasteiger charge is -2.23. The van der Waals surface area contributed by atoms with E-state index < -0.39 is 10.0 Å². The van der Waals surface area contributed by atoms with Crippen molar-refractivity contribution in [3.63, 3.8) is 0 Å². The van der Waals surface area contributed by atoms with Crippen LogP contribution in [0.15, 0.2) is 34.2 Å². The Morgan fingerprint density at radius 1 is 1.28 bits per heavy atom. The molecule has 0 aromatic heterocycles. The second-order valence-electron chi connectivity index (χ2n) is 6.23. The molecule has 138 valence electrons. The van der Waals surface area contributed by atoms with E-state index in [1.807, 2.05) is 6.92 Å². The summed E-state index contributed by atoms with van der Waals surface area (Å²) in [6.45, 7) is 2.90. The fraction of sp³-hybridized carbons (Fsp3) is 0.529. The number of aliphatic imine (C=N–C) groups is 1. The summed E-state index contributed by atoms with van der Waals surface area (Å²) >= 11 is 0. The molecule has 1 heterocycles. The number of nitrogens with zero attached hydrogens (tertiary/aromatic N) is 2. The number of nitrogens with two attached hydrogens (primary N) is 1. The first-order valence-electron chi connectivity index (χ1n) is 8.49. The van der Waals surface area contributed by atoms with Crippen LogP contribution in [0.2, 0.25) is 0 Å². The summed E-state index contributed by atoms with van der Waals surface area (Å²) in [5.74, 6) is 0.505. The first-order valence-corrected chi connectivity index (χ1v) is 9.97. The third kappa shape index (κ3) is 4.79. The molecule has 1 aromatic carbocycles. The topological polar surface area (TPSA) is 105 Å². The number of unbranched alkanes of at least 4 members (excludes halogenated alkanes) is 2. The molecule has 0 fully saturated rings. The molecule has 1 aromatic rings. The average molecular weight is 366 g/mol. The number of amides is 1. The number of hydrogen-bond donors (Lipinski definition) is 2. The lowest BCUT2D eigenvalue weighted by atomic mass is 10.1. The number of sulfonamides is 1. The Labute approximate surface area is 149 Å². The van der Waals surface area contributed by atoms with E-state index in [0.717, 1.165) is 19.3 Å². The van der Waals surface area contributed by atoms with Gasteiger partial charge in [-0.2, -0.15) is 0 Å². The molecule has 1 aliphatic heterocycles. The molecule has 0 bridgehead atoms. The van der Waals surface area contributed by atoms with E-state index in [1.165, 1.54) is 0 Å². The highest BCUT2D eigenvalue weighted by atomic mass is 32.2. The fourth-order valence-corrected chi connectivity index (χ4v) is 3.84. The first kappa shape index (κ1) is 19.4. The number of carbonyl (C=O) groups excluding carboxylic acids is 1. The Hall–Kier alpha value is -1.93. The zero-order chi connectivity index (χ0) is 18.4. The highest BCUT2D eigenvalue weighted by Gasteiger charge is 2.29. The van der Waals surface area contributed by atoms with E-state index in [0.29, 0.717) is 30.9 Å². The SMILES string of the molecule is CC(CN)N(C)C(=O)CCCCCN=C1NS(=O)(=O)c2ccccc21. The van der Waals surface area contributed by atoms with Crippen LogP contribution in [0.25, 0.3) is 0 Å². The molecule has 0 aliphatic carbocycles. The number of benzene rings is 1. The van der Waals surface area contributed by atoms with Crippen molar-refractivity contribution < 1.29 is 13.2 Å². The van der Waals surface area contributed by atoms with E-state index in [2.05, 4.69) is 9.71 Å². The smallest absolute Gasteiger partial charge is 0.263 e. The van der Waals surface area contributed by atoms with Crippen molar-refractivity contribution in [1.29, 1.82) is 0 Å². The maximum absolute atomic E-state index is 12.0. The van der Waals surface area contributed by atoms with Crippen LogP contribution in [0, 0.1) is 0 Å². The molecule has 3 N–H and O–H groups in total. The average Bonchev–Trinajstić information content (AvgIpc) is 2.87. The number of carbonyl (C=O) groups is 1. The molecule has 0 saturated carbocycles. The maximum atomic E-state index is 12.0. The van der Waals surface area contributed by atoms with E-state index in [1.54, 1.807) is 36.2 Å². The first-order chi connectivity index (χ1) is 11.9. The second kappa shape index (κ2) is 8.44. The van der Waals surface area contributed by atoms with Gasteiger partial charge in [0.1, 0.15) is 5.84 Å². The van der Waals surface area contributed by atoms with Gasteiger partial charge in [0.25, 0.3) is 10.0 Å². The molecule has 8 heteroatoms. The van der Waals surface area contributed by atoms with E-state index in [4.69, 9.17) is 5.73 Å². The summed E-state index contributed by atoms with van der Waals surface area (Å²) in [6.07, 6.45) is 2.94. The largest absolute Gasteiger partial charge is 0.342 e. The van der Waals surface area contributed by atoms with Crippen molar-refractivity contribution >= 4 is 21.8 Å². The van der Waals surface area contributed by atoms with Crippen molar-refractivity contribution in [3.8, 4) is 0 Å². The Balaban J connectivity index is 1.77. The Morgan fingerprint density at radius 2 is 2.00 bits per heavy atom. The van der Waals surface area contributed by atoms with Crippen LogP contribution < -0.4 is 10.5 Å². The molecule has 1 amide bonds. The third-order valence-corrected chi connectivity index (χ3v) is 5.77. The van der Waals surface area contributed by atoms with Crippen molar-refractivity contribution in [2.45, 2.75) is 43.5 Å². The number of hydrogen-bond acceptors (Lipinski definition) is 5. The predicted octanol–water partition coefficient (Wildman–Crippen LogP) is 1.09. The van der Waals surface area contributed by atoms with Crippen molar-refractivity contribution in [2.24, 2.45) is 10.7 Å². The van der Waals surface area contributed by atoms with Gasteiger partial charge in [-0.1, -0.05) is 18.6 Å². The van der Waals surface area contributed by atoms with Crippen LogP contribution in [-0.2, 0) is 14.8 Å². The molecule has 1 aliphatic rings. The molecule has 0 spiro atoms. The summed E-state index contributed by atoms with van der Waals surface area (Å²) in [7, 11) is -1.70. The lowest BCUT2D eigenvalue weighted by Crippen LogP contribution is -2.39. The highest BCUT2D eigenvalue weighted by molar-refractivity contribution is 7.90. The molecule has 0 radical (unpaired) electrons. The van der Waals surface area contributed by atoms with Gasteiger partial charge in [0.2, 0.25) is 5.91 Å². The molecule has 25 heavy (non-hydrogen) atoms. The number of rotatable bonds is 8. The number of amidine groups is 1. The van der Waals surface area contributed by atoms with Gasteiger partial charge in [-0.05, 0) is 31.9 Å². The van der Waals surface area contributed by atoms with Crippen molar-refractivity contribution in [3.05, 3.63) is 29.8 Å². The van der Waals surface area contributed by atoms with Gasteiger partial charge >= 0.3 is 0 Å². The van der Waals surface area contributed by atoms with Crippen LogP contribution in [-0.4, -0.2) is 51.2 Å². The zero-order valence-corrected chi connectivity index (χ0v) is 15.6. The van der Waals surface area contributed by atoms with Crippen molar-refractivity contribution in [1.82, 2.24) is 9.62 Å². The van der Waals surface area contributed by atoms with Crippen LogP contribution in [0.3, 0.4) is 0 Å². The summed E-state index contributed by atoms with van der Waals surface area (Å²) in [5, 5.41) is 0. The normalized spacial score (nSPS) is 17.8. The van der Waals surface area contributed by atoms with E-state index in [-0.39, 0.29) is 16.8 Å². The predicted molar refractivity (Wildman–Crippen MR) is 97.9 cm³/mol. The second-order valence-corrected chi connectivity index (χ2v) is 7.88. The summed E-state index contributed by atoms with van der Waals surface area (Å²) < 4.78 is 26.4. The van der Waals surface area contributed by atoms with Gasteiger partial charge in [-0.3, -0.25) is 14.5 Å². The summed E-state index contributed by atoms with van der Waals surface area (Å²) in [6, 6.07) is 6.86. The monoisotopic (exact) mass is 366 g/mol. The van der Waals surface area contributed by atoms with Gasteiger partial charge < -0.3 is 10.6 Å². The van der Waals surface area contributed by atoms with E-state index in [9.17, 15) is 13.2 Å². The third-order valence-electron chi connectivity index (χ3n) is 4.38. The molecule has 1 unspecified atom stereocenters. The van der Waals surface area contributed by atoms with Gasteiger partial charge in [0.05, 0.1) is 4.90 Å². The van der Waals surface area contributed by atoms with Crippen LogP contribution in [0.1, 0.15) is 38.2 Å². The molecule has 0 saturated heterocycles. The summed E-state index contributed by atoms with van der Waals surface area (Å²) in [4.78, 5) is 18.3. The minimum absolute atomic E-state index is 0.0503. The van der Waals surface area contributed by atoms with Crippen molar-refractivity contribution in [2.75, 3.05) is 20.1 Å². The standard InChI is InChI=1S/C17H26N4O3S/c1-13(12-18)21(2)16(22)10-4-3-7-11-19-17-14-8-5-6-9-15(14)25(23,24)20-17/h5-6,8-9,13H,3-4,7,10-12,18H2,1-2H3,(H,19,20). The Morgan fingerprint density at radius 3 is 2.72 bits per heavy atom. The van der Waals surface area contributed by atoms with Gasteiger partial charge in [-0.25, -0.2) is 8.42 Å². The highest BCUT2D eigenvalue weighted by Crippen LogP contribution is 2.22. The Kier molecular flexibility index (Phi) is 6.55. The van der Waals surface area contributed by atoms with Gasteiger partial charge in [0.15, 0.2) is 0 Å². The van der Waals surface area contributed by atoms with Crippen LogP contribution in [0.5, 0.6) is 0 Å². The van der Waals surface area contributed by atoms with Gasteiger partial charge in [0, 0.05) is 38.2 Å².